The van der Waals surface area contributed by atoms with E-state index in [9.17, 15) is 0 Å². The van der Waals surface area contributed by atoms with E-state index in [1.54, 1.807) is 0 Å². The molecule has 0 spiro atoms. The van der Waals surface area contributed by atoms with E-state index in [2.05, 4.69) is 17.5 Å². The molecule has 0 saturated carbocycles. The average Bonchev–Trinajstić information content (AvgIpc) is 2.23. The maximum absolute atomic E-state index is 8.81. The fourth-order valence-corrected chi connectivity index (χ4v) is 0. The van der Waals surface area contributed by atoms with Crippen molar-refractivity contribution in [3.05, 3.63) is 4.91 Å². The van der Waals surface area contributed by atoms with Crippen LogP contribution >= 0.6 is 0 Å². The molecule has 0 atom stereocenters. The van der Waals surface area contributed by atoms with E-state index in [1.165, 1.54) is 7.05 Å². The Kier molecular flexibility index (Phi) is 151. The lowest BCUT2D eigenvalue weighted by Gasteiger charge is -1.76. The van der Waals surface area contributed by atoms with Crippen molar-refractivity contribution < 1.29 is 0 Å². The topological polar surface area (TPSA) is 53.5 Å². The molecule has 0 aromatic rings. The Hall–Kier alpha value is -0.640. The van der Waals surface area contributed by atoms with Gasteiger partial charge in [-0.2, -0.15) is 0 Å². The second-order valence-corrected chi connectivity index (χ2v) is 1.02. The Balaban J connectivity index is -0.0000000380. The summed E-state index contributed by atoms with van der Waals surface area (Å²) in [4.78, 5) is 8.81. The molecule has 0 fully saturated rings. The van der Waals surface area contributed by atoms with Crippen molar-refractivity contribution in [2.75, 3.05) is 20.6 Å². The molecule has 0 radical (unpaired) electrons. The summed E-state index contributed by atoms with van der Waals surface area (Å²) < 4.78 is 0. The molecule has 78 valence electrons. The van der Waals surface area contributed by atoms with E-state index < -0.39 is 0 Å². The van der Waals surface area contributed by atoms with Crippen LogP contribution in [0, 0.1) is 4.91 Å². The van der Waals surface area contributed by atoms with Gasteiger partial charge in [-0.15, -0.1) is 4.91 Å². The van der Waals surface area contributed by atoms with Gasteiger partial charge in [0.05, 0.1) is 0 Å². The molecule has 0 saturated heterocycles. The van der Waals surface area contributed by atoms with Crippen LogP contribution in [-0.4, -0.2) is 20.6 Å². The molecule has 4 nitrogen and oxygen atoms in total. The second-order valence-electron chi connectivity index (χ2n) is 1.02. The highest BCUT2D eigenvalue weighted by Gasteiger charge is 1.50. The molecule has 0 aliphatic carbocycles. The SMILES string of the molecule is CC.CC.CCNC.CNN=O. The van der Waals surface area contributed by atoms with E-state index >= 15 is 0 Å². The van der Waals surface area contributed by atoms with Crippen LogP contribution in [-0.2, 0) is 0 Å². The normalized spacial score (nSPS) is 5.25. The van der Waals surface area contributed by atoms with Gasteiger partial charge in [0.15, 0.2) is 0 Å². The zero-order chi connectivity index (χ0) is 10.8. The van der Waals surface area contributed by atoms with E-state index in [0.717, 1.165) is 6.54 Å². The van der Waals surface area contributed by atoms with Crippen molar-refractivity contribution >= 4 is 0 Å². The number of nitrogens with one attached hydrogen (secondary N) is 2. The van der Waals surface area contributed by atoms with Gasteiger partial charge >= 0.3 is 0 Å². The zero-order valence-corrected chi connectivity index (χ0v) is 9.56. The van der Waals surface area contributed by atoms with Gasteiger partial charge < -0.3 is 5.32 Å². The van der Waals surface area contributed by atoms with Crippen molar-refractivity contribution in [3.63, 3.8) is 0 Å². The minimum Gasteiger partial charge on any atom is -0.320 e. The van der Waals surface area contributed by atoms with Crippen LogP contribution in [0.25, 0.3) is 0 Å². The number of nitroso groups, excluding NO2 is 1. The lowest BCUT2D eigenvalue weighted by atomic mass is 10.8. The van der Waals surface area contributed by atoms with Gasteiger partial charge in [0.2, 0.25) is 0 Å². The number of nitrogens with zero attached hydrogens (tertiary/aromatic N) is 1. The predicted molar refractivity (Wildman–Crippen MR) is 57.2 cm³/mol. The lowest BCUT2D eigenvalue weighted by molar-refractivity contribution is 0.864. The lowest BCUT2D eigenvalue weighted by Crippen LogP contribution is -2.01. The molecule has 4 heteroatoms. The van der Waals surface area contributed by atoms with Crippen molar-refractivity contribution in [1.29, 1.82) is 0 Å². The summed E-state index contributed by atoms with van der Waals surface area (Å²) in [6.45, 7) is 11.1. The monoisotopic (exact) mass is 179 g/mol. The standard InChI is InChI=1S/C3H9N.2C2H6.CH4N2O/c1-3-4-2;2*1-2;1-2-3-4/h4H,3H2,1-2H3;2*1-2H3;1H3,(H,2,4). The van der Waals surface area contributed by atoms with E-state index in [4.69, 9.17) is 4.91 Å². The van der Waals surface area contributed by atoms with Gasteiger partial charge in [0.1, 0.15) is 0 Å². The highest BCUT2D eigenvalue weighted by atomic mass is 16.3. The number of rotatable bonds is 2. The first-order chi connectivity index (χ1) is 5.83. The third kappa shape index (κ3) is 354. The van der Waals surface area contributed by atoms with Crippen LogP contribution in [0.2, 0.25) is 0 Å². The molecule has 0 heterocycles. The summed E-state index contributed by atoms with van der Waals surface area (Å²) in [7, 11) is 3.38. The first kappa shape index (κ1) is 22.5. The van der Waals surface area contributed by atoms with Crippen molar-refractivity contribution in [3.8, 4) is 0 Å². The summed E-state index contributed by atoms with van der Waals surface area (Å²) in [5.41, 5.74) is 2.00. The molecule has 12 heavy (non-hydrogen) atoms. The van der Waals surface area contributed by atoms with Crippen molar-refractivity contribution in [2.45, 2.75) is 34.6 Å². The van der Waals surface area contributed by atoms with Gasteiger partial charge in [0.25, 0.3) is 0 Å². The minimum absolute atomic E-state index is 1.07. The molecule has 0 bridgehead atoms. The highest BCUT2D eigenvalue weighted by Crippen LogP contribution is 1.34. The molecule has 0 unspecified atom stereocenters. The molecular formula is C8H25N3O. The van der Waals surface area contributed by atoms with Gasteiger partial charge in [-0.3, -0.25) is 5.43 Å². The first-order valence-electron chi connectivity index (χ1n) is 4.47. The van der Waals surface area contributed by atoms with Crippen LogP contribution in [0.5, 0.6) is 0 Å². The van der Waals surface area contributed by atoms with Crippen LogP contribution in [0.3, 0.4) is 0 Å². The maximum atomic E-state index is 8.81. The Labute approximate surface area is 77.1 Å². The molecule has 0 aromatic heterocycles. The maximum Gasteiger partial charge on any atom is 0.0493 e. The fourth-order valence-electron chi connectivity index (χ4n) is 0. The zero-order valence-electron chi connectivity index (χ0n) is 9.56. The Morgan fingerprint density at radius 2 is 1.25 bits per heavy atom. The van der Waals surface area contributed by atoms with E-state index in [0.29, 0.717) is 0 Å². The predicted octanol–water partition coefficient (Wildman–Crippen LogP) is 2.17. The minimum atomic E-state index is 1.07. The molecule has 0 aliphatic rings. The van der Waals surface area contributed by atoms with Crippen LogP contribution in [0.4, 0.5) is 0 Å². The Bertz CT molecular complexity index is 41.3. The van der Waals surface area contributed by atoms with Crippen LogP contribution in [0.1, 0.15) is 34.6 Å². The third-order valence-corrected chi connectivity index (χ3v) is 0.445. The van der Waals surface area contributed by atoms with Crippen LogP contribution in [0.15, 0.2) is 5.29 Å². The summed E-state index contributed by atoms with van der Waals surface area (Å²) in [5.74, 6) is 0. The Morgan fingerprint density at radius 3 is 1.25 bits per heavy atom. The first-order valence-corrected chi connectivity index (χ1v) is 4.47. The van der Waals surface area contributed by atoms with Crippen LogP contribution < -0.4 is 10.7 Å². The van der Waals surface area contributed by atoms with Gasteiger partial charge in [-0.05, 0) is 13.6 Å². The molecule has 0 amide bonds. The Morgan fingerprint density at radius 1 is 1.08 bits per heavy atom. The smallest absolute Gasteiger partial charge is 0.0493 e. The fraction of sp³-hybridized carbons (Fsp3) is 1.00. The summed E-state index contributed by atoms with van der Waals surface area (Å²) in [5, 5.41) is 5.17. The van der Waals surface area contributed by atoms with E-state index in [1.807, 2.05) is 40.2 Å². The largest absolute Gasteiger partial charge is 0.320 e. The third-order valence-electron chi connectivity index (χ3n) is 0.445. The summed E-state index contributed by atoms with van der Waals surface area (Å²) >= 11 is 0. The van der Waals surface area contributed by atoms with Crippen molar-refractivity contribution in [2.24, 2.45) is 5.29 Å². The van der Waals surface area contributed by atoms with Gasteiger partial charge in [-0.1, -0.05) is 34.6 Å². The summed E-state index contributed by atoms with van der Waals surface area (Å²) in [6, 6.07) is 0. The second kappa shape index (κ2) is 80.4. The molecular weight excluding hydrogens is 154 g/mol. The quantitative estimate of drug-likeness (QED) is 0.504. The molecule has 2 N–H and O–H groups in total. The molecule has 0 rings (SSSR count). The van der Waals surface area contributed by atoms with E-state index in [-0.39, 0.29) is 0 Å². The van der Waals surface area contributed by atoms with Gasteiger partial charge in [-0.25, -0.2) is 0 Å². The van der Waals surface area contributed by atoms with Gasteiger partial charge in [0, 0.05) is 12.3 Å². The molecule has 0 aliphatic heterocycles. The average molecular weight is 179 g/mol. The molecule has 0 aromatic carbocycles. The number of hydrogen-bond donors (Lipinski definition) is 2. The van der Waals surface area contributed by atoms with Crippen molar-refractivity contribution in [1.82, 2.24) is 10.7 Å². The highest BCUT2D eigenvalue weighted by molar-refractivity contribution is 4.15. The summed E-state index contributed by atoms with van der Waals surface area (Å²) in [6.07, 6.45) is 0. The number of hydrogen-bond acceptors (Lipinski definition) is 3.